The topological polar surface area (TPSA) is 73.0 Å². The summed E-state index contributed by atoms with van der Waals surface area (Å²) < 4.78 is 0. The van der Waals surface area contributed by atoms with Gasteiger partial charge in [-0.25, -0.2) is 0 Å². The van der Waals surface area contributed by atoms with Crippen molar-refractivity contribution < 1.29 is 14.4 Å². The molecule has 0 aliphatic carbocycles. The van der Waals surface area contributed by atoms with Crippen LogP contribution in [0.2, 0.25) is 5.02 Å². The molecule has 3 heterocycles. The first-order valence-electron chi connectivity index (χ1n) is 14.2. The van der Waals surface area contributed by atoms with E-state index < -0.39 is 5.66 Å². The maximum absolute atomic E-state index is 14.7. The number of piperidine rings is 1. The molecule has 3 amide bonds. The molecule has 0 saturated carbocycles. The van der Waals surface area contributed by atoms with Crippen molar-refractivity contribution in [3.63, 3.8) is 0 Å². The summed E-state index contributed by atoms with van der Waals surface area (Å²) in [4.78, 5) is 47.4. The Hall–Kier alpha value is -4.62. The zero-order valence-corrected chi connectivity index (χ0v) is 23.7. The number of para-hydroxylation sites is 2. The van der Waals surface area contributed by atoms with Crippen LogP contribution in [0.4, 0.5) is 17.1 Å². The molecule has 0 radical (unpaired) electrons. The SMILES string of the molecule is O=C(c1ccc(N2C(=O)c3ccccc3N[C@@]23C(=O)N(Cc2ccc(Cl)cc2)c2ccccc23)cc1)N1CCCCC1. The fraction of sp³-hybridized carbons (Fsp3) is 0.206. The number of fused-ring (bicyclic) bond motifs is 3. The van der Waals surface area contributed by atoms with Crippen LogP contribution in [0.5, 0.6) is 0 Å². The smallest absolute Gasteiger partial charge is 0.279 e. The first kappa shape index (κ1) is 26.3. The quantitative estimate of drug-likeness (QED) is 0.303. The molecule has 210 valence electrons. The highest BCUT2D eigenvalue weighted by Crippen LogP contribution is 2.50. The summed E-state index contributed by atoms with van der Waals surface area (Å²) in [6, 6.07) is 29.3. The van der Waals surface area contributed by atoms with Gasteiger partial charge >= 0.3 is 0 Å². The number of hydrogen-bond donors (Lipinski definition) is 1. The number of anilines is 3. The molecule has 42 heavy (non-hydrogen) atoms. The third kappa shape index (κ3) is 4.15. The van der Waals surface area contributed by atoms with Gasteiger partial charge in [-0.2, -0.15) is 0 Å². The molecular weight excluding hydrogens is 548 g/mol. The number of hydrogen-bond acceptors (Lipinski definition) is 4. The molecule has 1 atom stereocenters. The minimum atomic E-state index is -1.52. The predicted octanol–water partition coefficient (Wildman–Crippen LogP) is 6.44. The standard InChI is InChI=1S/C34H29ClN4O3/c35-25-16-12-23(13-17-25)22-38-30-11-5-3-9-28(30)34(33(38)42)36-29-10-4-2-8-27(29)32(41)39(34)26-18-14-24(15-19-26)31(40)37-20-6-1-7-21-37/h2-5,8-19,36H,1,6-7,20-22H2/t34-/m1/s1. The van der Waals surface area contributed by atoms with Gasteiger partial charge in [-0.3, -0.25) is 19.3 Å². The molecule has 0 aromatic heterocycles. The Bertz CT molecular complexity index is 1700. The lowest BCUT2D eigenvalue weighted by atomic mass is 9.92. The molecule has 1 fully saturated rings. The highest BCUT2D eigenvalue weighted by atomic mass is 35.5. The average molecular weight is 577 g/mol. The van der Waals surface area contributed by atoms with Crippen molar-refractivity contribution >= 4 is 46.4 Å². The second kappa shape index (κ2) is 10.3. The molecular formula is C34H29ClN4O3. The number of likely N-dealkylation sites (tertiary alicyclic amines) is 1. The van der Waals surface area contributed by atoms with Crippen LogP contribution in [0.1, 0.15) is 51.1 Å². The van der Waals surface area contributed by atoms with E-state index in [2.05, 4.69) is 5.32 Å². The Morgan fingerprint density at radius 2 is 1.50 bits per heavy atom. The Balaban J connectivity index is 1.34. The highest BCUT2D eigenvalue weighted by molar-refractivity contribution is 6.30. The van der Waals surface area contributed by atoms with Crippen LogP contribution in [0, 0.1) is 0 Å². The van der Waals surface area contributed by atoms with Crippen molar-refractivity contribution in [2.75, 3.05) is 28.2 Å². The second-order valence-corrected chi connectivity index (χ2v) is 11.4. The summed E-state index contributed by atoms with van der Waals surface area (Å²) in [7, 11) is 0. The minimum Gasteiger partial charge on any atom is -0.350 e. The molecule has 3 aliphatic heterocycles. The number of nitrogens with zero attached hydrogens (tertiary/aromatic N) is 3. The lowest BCUT2D eigenvalue weighted by Gasteiger charge is -2.45. The number of nitrogens with one attached hydrogen (secondary N) is 1. The molecule has 7 rings (SSSR count). The van der Waals surface area contributed by atoms with Crippen LogP contribution in [0.15, 0.2) is 97.1 Å². The molecule has 1 spiro atoms. The summed E-state index contributed by atoms with van der Waals surface area (Å²) in [5.74, 6) is -0.577. The zero-order valence-electron chi connectivity index (χ0n) is 22.9. The third-order valence-electron chi connectivity index (χ3n) is 8.42. The Kier molecular flexibility index (Phi) is 6.47. The molecule has 7 nitrogen and oxygen atoms in total. The maximum Gasteiger partial charge on any atom is 0.279 e. The van der Waals surface area contributed by atoms with E-state index in [1.165, 1.54) is 0 Å². The van der Waals surface area contributed by atoms with Crippen molar-refractivity contribution in [1.82, 2.24) is 4.90 Å². The number of amides is 3. The number of rotatable bonds is 4. The van der Waals surface area contributed by atoms with Gasteiger partial charge in [-0.05, 0) is 79.4 Å². The second-order valence-electron chi connectivity index (χ2n) is 11.0. The molecule has 0 bridgehead atoms. The van der Waals surface area contributed by atoms with Crippen LogP contribution >= 0.6 is 11.6 Å². The predicted molar refractivity (Wildman–Crippen MR) is 164 cm³/mol. The van der Waals surface area contributed by atoms with E-state index in [0.29, 0.717) is 39.6 Å². The molecule has 4 aromatic carbocycles. The molecule has 8 heteroatoms. The molecule has 4 aromatic rings. The fourth-order valence-corrected chi connectivity index (χ4v) is 6.47. The van der Waals surface area contributed by atoms with Gasteiger partial charge in [0.15, 0.2) is 0 Å². The Labute approximate surface area is 249 Å². The van der Waals surface area contributed by atoms with E-state index >= 15 is 0 Å². The van der Waals surface area contributed by atoms with Crippen molar-refractivity contribution in [2.24, 2.45) is 0 Å². The van der Waals surface area contributed by atoms with Crippen LogP contribution in [0.3, 0.4) is 0 Å². The van der Waals surface area contributed by atoms with Gasteiger partial charge in [0.2, 0.25) is 5.66 Å². The summed E-state index contributed by atoms with van der Waals surface area (Å²) in [5.41, 5.74) is 2.94. The molecule has 1 N–H and O–H groups in total. The molecule has 0 unspecified atom stereocenters. The van der Waals surface area contributed by atoms with Gasteiger partial charge in [0.05, 0.1) is 17.8 Å². The van der Waals surface area contributed by atoms with Crippen molar-refractivity contribution in [1.29, 1.82) is 0 Å². The van der Waals surface area contributed by atoms with E-state index in [9.17, 15) is 14.4 Å². The lowest BCUT2D eigenvalue weighted by molar-refractivity contribution is -0.122. The lowest BCUT2D eigenvalue weighted by Crippen LogP contribution is -2.63. The fourth-order valence-electron chi connectivity index (χ4n) is 6.35. The van der Waals surface area contributed by atoms with E-state index in [1.807, 2.05) is 59.5 Å². The van der Waals surface area contributed by atoms with Gasteiger partial charge in [0.1, 0.15) is 0 Å². The summed E-state index contributed by atoms with van der Waals surface area (Å²) in [6.45, 7) is 1.82. The molecule has 3 aliphatic rings. The normalized spacial score (nSPS) is 19.5. The zero-order chi connectivity index (χ0) is 28.8. The monoisotopic (exact) mass is 576 g/mol. The van der Waals surface area contributed by atoms with E-state index in [1.54, 1.807) is 52.3 Å². The van der Waals surface area contributed by atoms with E-state index in [-0.39, 0.29) is 17.7 Å². The van der Waals surface area contributed by atoms with Gasteiger partial charge in [0, 0.05) is 40.6 Å². The van der Waals surface area contributed by atoms with Gasteiger partial charge in [-0.15, -0.1) is 0 Å². The Morgan fingerprint density at radius 3 is 2.26 bits per heavy atom. The van der Waals surface area contributed by atoms with Crippen LogP contribution in [-0.4, -0.2) is 35.7 Å². The number of halogens is 1. The summed E-state index contributed by atoms with van der Waals surface area (Å²) in [5, 5.41) is 4.11. The van der Waals surface area contributed by atoms with Crippen molar-refractivity contribution in [3.8, 4) is 0 Å². The number of carbonyl (C=O) groups is 3. The van der Waals surface area contributed by atoms with E-state index in [0.717, 1.165) is 43.6 Å². The van der Waals surface area contributed by atoms with Gasteiger partial charge in [-0.1, -0.05) is 54.1 Å². The first-order valence-corrected chi connectivity index (χ1v) is 14.6. The molecule has 1 saturated heterocycles. The average Bonchev–Trinajstić information content (AvgIpc) is 3.25. The van der Waals surface area contributed by atoms with Crippen LogP contribution < -0.4 is 15.1 Å². The van der Waals surface area contributed by atoms with Gasteiger partial charge < -0.3 is 15.1 Å². The van der Waals surface area contributed by atoms with Crippen molar-refractivity contribution in [2.45, 2.75) is 31.5 Å². The van der Waals surface area contributed by atoms with Crippen LogP contribution in [-0.2, 0) is 17.0 Å². The minimum absolute atomic E-state index is 0.0131. The summed E-state index contributed by atoms with van der Waals surface area (Å²) >= 11 is 6.12. The van der Waals surface area contributed by atoms with Crippen molar-refractivity contribution in [3.05, 3.63) is 124 Å². The Morgan fingerprint density at radius 1 is 0.810 bits per heavy atom. The highest BCUT2D eigenvalue weighted by Gasteiger charge is 2.59. The number of carbonyl (C=O) groups excluding carboxylic acids is 3. The third-order valence-corrected chi connectivity index (χ3v) is 8.67. The number of benzene rings is 4. The first-order chi connectivity index (χ1) is 20.5. The van der Waals surface area contributed by atoms with Gasteiger partial charge in [0.25, 0.3) is 17.7 Å². The largest absolute Gasteiger partial charge is 0.350 e. The summed E-state index contributed by atoms with van der Waals surface area (Å²) in [6.07, 6.45) is 3.16. The van der Waals surface area contributed by atoms with Crippen LogP contribution in [0.25, 0.3) is 0 Å². The maximum atomic E-state index is 14.7. The van der Waals surface area contributed by atoms with E-state index in [4.69, 9.17) is 11.6 Å².